The van der Waals surface area contributed by atoms with Crippen LogP contribution in [0.1, 0.15) is 28.3 Å². The molecule has 0 radical (unpaired) electrons. The van der Waals surface area contributed by atoms with Crippen LogP contribution in [0, 0.1) is 13.8 Å². The molecule has 128 valence electrons. The molecule has 0 atom stereocenters. The molecule has 0 bridgehead atoms. The Morgan fingerprint density at radius 2 is 2.17 bits per heavy atom. The number of nitrogens with one attached hydrogen (secondary N) is 1. The minimum atomic E-state index is 0. The van der Waals surface area contributed by atoms with Crippen molar-refractivity contribution in [3.05, 3.63) is 27.7 Å². The number of aryl methyl sites for hydroxylation is 3. The summed E-state index contributed by atoms with van der Waals surface area (Å²) in [5.41, 5.74) is 1.07. The van der Waals surface area contributed by atoms with Crippen molar-refractivity contribution in [2.24, 2.45) is 12.0 Å². The molecule has 0 aliphatic carbocycles. The van der Waals surface area contributed by atoms with Crippen LogP contribution < -0.4 is 5.32 Å². The third-order valence-electron chi connectivity index (χ3n) is 3.25. The highest BCUT2D eigenvalue weighted by Gasteiger charge is 2.11. The predicted molar refractivity (Wildman–Crippen MR) is 104 cm³/mol. The van der Waals surface area contributed by atoms with Gasteiger partial charge in [0.25, 0.3) is 0 Å². The van der Waals surface area contributed by atoms with Crippen LogP contribution in [-0.2, 0) is 20.1 Å². The summed E-state index contributed by atoms with van der Waals surface area (Å²) in [6.45, 7) is 8.24. The topological polar surface area (TPSA) is 71.2 Å². The van der Waals surface area contributed by atoms with Gasteiger partial charge in [0.2, 0.25) is 0 Å². The zero-order valence-corrected chi connectivity index (χ0v) is 17.3. The lowest BCUT2D eigenvalue weighted by Crippen LogP contribution is -2.39. The maximum absolute atomic E-state index is 4.71. The zero-order chi connectivity index (χ0) is 16.1. The maximum atomic E-state index is 4.71. The van der Waals surface area contributed by atoms with Gasteiger partial charge in [0.1, 0.15) is 12.2 Å². The predicted octanol–water partition coefficient (Wildman–Crippen LogP) is 2.10. The quantitative estimate of drug-likeness (QED) is 0.430. The highest BCUT2D eigenvalue weighted by Crippen LogP contribution is 2.18. The molecule has 2 aromatic heterocycles. The van der Waals surface area contributed by atoms with Crippen molar-refractivity contribution in [1.82, 2.24) is 30.0 Å². The first-order valence-corrected chi connectivity index (χ1v) is 8.08. The van der Waals surface area contributed by atoms with Crippen LogP contribution in [0.25, 0.3) is 0 Å². The highest BCUT2D eigenvalue weighted by molar-refractivity contribution is 14.0. The first-order valence-electron chi connectivity index (χ1n) is 7.26. The number of aromatic nitrogens is 4. The highest BCUT2D eigenvalue weighted by atomic mass is 127. The van der Waals surface area contributed by atoms with Crippen LogP contribution in [-0.4, -0.2) is 44.2 Å². The Kier molecular flexibility index (Phi) is 7.89. The zero-order valence-electron chi connectivity index (χ0n) is 14.2. The fraction of sp³-hybridized carbons (Fsp3) is 0.571. The van der Waals surface area contributed by atoms with Crippen LogP contribution in [0.15, 0.2) is 11.3 Å². The molecule has 0 spiro atoms. The second-order valence-electron chi connectivity index (χ2n) is 5.07. The second kappa shape index (κ2) is 9.16. The van der Waals surface area contributed by atoms with Gasteiger partial charge < -0.3 is 10.2 Å². The Hall–Kier alpha value is -1.23. The van der Waals surface area contributed by atoms with Crippen LogP contribution >= 0.6 is 35.3 Å². The average molecular weight is 449 g/mol. The average Bonchev–Trinajstić information content (AvgIpc) is 3.00. The van der Waals surface area contributed by atoms with Gasteiger partial charge in [-0.25, -0.2) is 15.0 Å². The Balaban J connectivity index is 0.00000264. The largest absolute Gasteiger partial charge is 0.357 e. The van der Waals surface area contributed by atoms with E-state index < -0.39 is 0 Å². The Bertz CT molecular complexity index is 649. The smallest absolute Gasteiger partial charge is 0.194 e. The van der Waals surface area contributed by atoms with E-state index in [-0.39, 0.29) is 24.0 Å². The van der Waals surface area contributed by atoms with Crippen molar-refractivity contribution in [2.45, 2.75) is 33.9 Å². The molecule has 9 heteroatoms. The lowest BCUT2D eigenvalue weighted by atomic mass is 10.4. The fourth-order valence-electron chi connectivity index (χ4n) is 2.09. The van der Waals surface area contributed by atoms with Gasteiger partial charge in [0, 0.05) is 25.5 Å². The van der Waals surface area contributed by atoms with Gasteiger partial charge in [-0.1, -0.05) is 0 Å². The van der Waals surface area contributed by atoms with Crippen LogP contribution in [0.3, 0.4) is 0 Å². The molecule has 0 fully saturated rings. The van der Waals surface area contributed by atoms with Crippen LogP contribution in [0.2, 0.25) is 0 Å². The monoisotopic (exact) mass is 449 g/mol. The van der Waals surface area contributed by atoms with E-state index in [1.165, 1.54) is 4.88 Å². The molecule has 0 saturated heterocycles. The van der Waals surface area contributed by atoms with Crippen molar-refractivity contribution in [3.8, 4) is 0 Å². The molecule has 23 heavy (non-hydrogen) atoms. The van der Waals surface area contributed by atoms with Gasteiger partial charge >= 0.3 is 0 Å². The number of halogens is 1. The normalized spacial score (nSPS) is 11.3. The summed E-state index contributed by atoms with van der Waals surface area (Å²) in [7, 11) is 3.89. The molecule has 0 aromatic carbocycles. The summed E-state index contributed by atoms with van der Waals surface area (Å²) < 4.78 is 1.77. The lowest BCUT2D eigenvalue weighted by molar-refractivity contribution is 0.448. The molecule has 2 heterocycles. The van der Waals surface area contributed by atoms with E-state index in [1.807, 2.05) is 27.9 Å². The third-order valence-corrected chi connectivity index (χ3v) is 4.31. The minimum Gasteiger partial charge on any atom is -0.357 e. The van der Waals surface area contributed by atoms with Crippen molar-refractivity contribution < 1.29 is 0 Å². The summed E-state index contributed by atoms with van der Waals surface area (Å²) in [4.78, 5) is 16.7. The summed E-state index contributed by atoms with van der Waals surface area (Å²) >= 11 is 1.70. The van der Waals surface area contributed by atoms with Crippen molar-refractivity contribution in [2.75, 3.05) is 13.6 Å². The van der Waals surface area contributed by atoms with Crippen molar-refractivity contribution in [3.63, 3.8) is 0 Å². The molecular weight excluding hydrogens is 425 g/mol. The van der Waals surface area contributed by atoms with E-state index >= 15 is 0 Å². The van der Waals surface area contributed by atoms with Gasteiger partial charge in [-0.3, -0.25) is 4.68 Å². The molecule has 0 unspecified atom stereocenters. The SMILES string of the molecule is CCNC(=NCc1sc(C)nc1C)N(C)Cc1ncnn1C.I. The maximum Gasteiger partial charge on any atom is 0.194 e. The number of hydrogen-bond acceptors (Lipinski definition) is 5. The van der Waals surface area contributed by atoms with E-state index in [0.29, 0.717) is 13.1 Å². The Morgan fingerprint density at radius 1 is 1.43 bits per heavy atom. The summed E-state index contributed by atoms with van der Waals surface area (Å²) in [5, 5.41) is 8.49. The number of rotatable bonds is 5. The molecule has 1 N–H and O–H groups in total. The standard InChI is InChI=1S/C14H23N7S.HI/c1-6-15-14(16-7-12-10(2)19-11(3)22-12)20(4)8-13-17-9-18-21(13)5;/h9H,6-8H2,1-5H3,(H,15,16);1H. The van der Waals surface area contributed by atoms with Gasteiger partial charge in [0.05, 0.1) is 23.8 Å². The summed E-state index contributed by atoms with van der Waals surface area (Å²) in [6, 6.07) is 0. The molecule has 2 aromatic rings. The fourth-order valence-corrected chi connectivity index (χ4v) is 2.95. The van der Waals surface area contributed by atoms with E-state index in [2.05, 4.69) is 32.2 Å². The third kappa shape index (κ3) is 5.41. The summed E-state index contributed by atoms with van der Waals surface area (Å²) in [5.74, 6) is 1.76. The van der Waals surface area contributed by atoms with E-state index in [1.54, 1.807) is 22.3 Å². The lowest BCUT2D eigenvalue weighted by Gasteiger charge is -2.21. The summed E-state index contributed by atoms with van der Waals surface area (Å²) in [6.07, 6.45) is 1.57. The molecule has 2 rings (SSSR count). The van der Waals surface area contributed by atoms with Gasteiger partial charge in [-0.05, 0) is 20.8 Å². The number of hydrogen-bond donors (Lipinski definition) is 1. The molecule has 0 aliphatic rings. The number of guanidine groups is 1. The van der Waals surface area contributed by atoms with Crippen LogP contribution in [0.4, 0.5) is 0 Å². The number of nitrogens with zero attached hydrogens (tertiary/aromatic N) is 6. The van der Waals surface area contributed by atoms with Crippen molar-refractivity contribution >= 4 is 41.3 Å². The van der Waals surface area contributed by atoms with E-state index in [4.69, 9.17) is 4.99 Å². The Labute approximate surface area is 158 Å². The van der Waals surface area contributed by atoms with Gasteiger partial charge in [-0.2, -0.15) is 5.10 Å². The van der Waals surface area contributed by atoms with E-state index in [9.17, 15) is 0 Å². The molecule has 7 nitrogen and oxygen atoms in total. The van der Waals surface area contributed by atoms with Gasteiger partial charge in [0.15, 0.2) is 5.96 Å². The molecule has 0 amide bonds. The minimum absolute atomic E-state index is 0. The number of thiazole rings is 1. The Morgan fingerprint density at radius 3 is 2.70 bits per heavy atom. The van der Waals surface area contributed by atoms with Gasteiger partial charge in [-0.15, -0.1) is 35.3 Å². The molecule has 0 aliphatic heterocycles. The molecule has 0 saturated carbocycles. The molecular formula is C14H24IN7S. The number of aliphatic imine (C=N–C) groups is 1. The first-order chi connectivity index (χ1) is 10.5. The van der Waals surface area contributed by atoms with E-state index in [0.717, 1.165) is 29.0 Å². The van der Waals surface area contributed by atoms with Crippen LogP contribution in [0.5, 0.6) is 0 Å². The second-order valence-corrected chi connectivity index (χ2v) is 6.36. The van der Waals surface area contributed by atoms with Crippen molar-refractivity contribution in [1.29, 1.82) is 0 Å². The first kappa shape index (κ1) is 19.8.